The molecule has 0 atom stereocenters. The van der Waals surface area contributed by atoms with Crippen LogP contribution in [0.15, 0.2) is 30.3 Å². The summed E-state index contributed by atoms with van der Waals surface area (Å²) >= 11 is 0. The SMILES string of the molecule is O=C(CCCCCCCCOCc1ccccc1)CC(F)(F)F. The molecule has 0 saturated carbocycles. The summed E-state index contributed by atoms with van der Waals surface area (Å²) in [5.41, 5.74) is 1.16. The Morgan fingerprint density at radius 2 is 1.52 bits per heavy atom. The highest BCUT2D eigenvalue weighted by atomic mass is 19.4. The first kappa shape index (κ1) is 19.7. The second kappa shape index (κ2) is 11.2. The van der Waals surface area contributed by atoms with Gasteiger partial charge in [-0.1, -0.05) is 56.0 Å². The zero-order chi connectivity index (χ0) is 17.0. The van der Waals surface area contributed by atoms with Gasteiger partial charge in [0.25, 0.3) is 0 Å². The van der Waals surface area contributed by atoms with E-state index in [9.17, 15) is 18.0 Å². The molecule has 1 aromatic rings. The largest absolute Gasteiger partial charge is 0.395 e. The van der Waals surface area contributed by atoms with E-state index in [0.29, 0.717) is 13.0 Å². The van der Waals surface area contributed by atoms with Crippen LogP contribution in [0.4, 0.5) is 13.2 Å². The second-order valence-corrected chi connectivity index (χ2v) is 5.74. The van der Waals surface area contributed by atoms with Crippen molar-refractivity contribution in [3.63, 3.8) is 0 Å². The van der Waals surface area contributed by atoms with E-state index < -0.39 is 18.4 Å². The Bertz CT molecular complexity index is 430. The van der Waals surface area contributed by atoms with Gasteiger partial charge in [0.1, 0.15) is 12.2 Å². The van der Waals surface area contributed by atoms with Crippen molar-refractivity contribution in [2.24, 2.45) is 0 Å². The molecule has 0 aromatic heterocycles. The molecule has 0 aliphatic rings. The van der Waals surface area contributed by atoms with Gasteiger partial charge in [-0.05, 0) is 18.4 Å². The predicted octanol–water partition coefficient (Wildman–Crippen LogP) is 5.46. The monoisotopic (exact) mass is 330 g/mol. The third-order valence-electron chi connectivity index (χ3n) is 3.50. The minimum absolute atomic E-state index is 0.0414. The summed E-state index contributed by atoms with van der Waals surface area (Å²) in [5, 5.41) is 0. The number of Topliss-reactive ketones (excluding diaryl/α,β-unsaturated/α-hetero) is 1. The third-order valence-corrected chi connectivity index (χ3v) is 3.50. The van der Waals surface area contributed by atoms with Crippen molar-refractivity contribution in [2.45, 2.75) is 64.1 Å². The molecular weight excluding hydrogens is 305 g/mol. The lowest BCUT2D eigenvalue weighted by Gasteiger charge is -2.06. The number of ether oxygens (including phenoxy) is 1. The van der Waals surface area contributed by atoms with Gasteiger partial charge in [-0.3, -0.25) is 4.79 Å². The van der Waals surface area contributed by atoms with Gasteiger partial charge in [0.05, 0.1) is 6.61 Å². The Morgan fingerprint density at radius 1 is 0.913 bits per heavy atom. The summed E-state index contributed by atoms with van der Waals surface area (Å²) < 4.78 is 41.5. The molecule has 23 heavy (non-hydrogen) atoms. The van der Waals surface area contributed by atoms with Gasteiger partial charge in [0.15, 0.2) is 0 Å². The Labute approximate surface area is 136 Å². The predicted molar refractivity (Wildman–Crippen MR) is 84.1 cm³/mol. The summed E-state index contributed by atoms with van der Waals surface area (Å²) in [6.07, 6.45) is -0.221. The van der Waals surface area contributed by atoms with Crippen LogP contribution in [0, 0.1) is 0 Å². The molecule has 0 spiro atoms. The van der Waals surface area contributed by atoms with Gasteiger partial charge < -0.3 is 4.74 Å². The Morgan fingerprint density at radius 3 is 2.17 bits per heavy atom. The van der Waals surface area contributed by atoms with Crippen molar-refractivity contribution in [1.82, 2.24) is 0 Å². The number of hydrogen-bond donors (Lipinski definition) is 0. The minimum atomic E-state index is -4.36. The normalized spacial score (nSPS) is 11.6. The molecule has 0 saturated heterocycles. The topological polar surface area (TPSA) is 26.3 Å². The molecule has 0 heterocycles. The zero-order valence-electron chi connectivity index (χ0n) is 13.4. The van der Waals surface area contributed by atoms with Gasteiger partial charge in [-0.25, -0.2) is 0 Å². The number of carbonyl (C=O) groups is 1. The molecule has 0 amide bonds. The maximum atomic E-state index is 12.0. The van der Waals surface area contributed by atoms with Crippen LogP contribution in [0.3, 0.4) is 0 Å². The number of rotatable bonds is 12. The first-order valence-electron chi connectivity index (χ1n) is 8.17. The number of halogens is 3. The summed E-state index contributed by atoms with van der Waals surface area (Å²) in [7, 11) is 0. The van der Waals surface area contributed by atoms with Gasteiger partial charge in [0, 0.05) is 13.0 Å². The van der Waals surface area contributed by atoms with Crippen LogP contribution >= 0.6 is 0 Å². The lowest BCUT2D eigenvalue weighted by Crippen LogP contribution is -2.14. The van der Waals surface area contributed by atoms with Gasteiger partial charge >= 0.3 is 6.18 Å². The maximum absolute atomic E-state index is 12.0. The van der Waals surface area contributed by atoms with Gasteiger partial charge in [0.2, 0.25) is 0 Å². The highest BCUT2D eigenvalue weighted by Gasteiger charge is 2.30. The van der Waals surface area contributed by atoms with E-state index in [-0.39, 0.29) is 6.42 Å². The molecule has 2 nitrogen and oxygen atoms in total. The lowest BCUT2D eigenvalue weighted by molar-refractivity contribution is -0.152. The number of hydrogen-bond acceptors (Lipinski definition) is 2. The van der Waals surface area contributed by atoms with E-state index in [2.05, 4.69) is 0 Å². The molecule has 0 unspecified atom stereocenters. The standard InChI is InChI=1S/C18H25F3O2/c19-18(20,21)14-17(22)12-8-3-1-2-4-9-13-23-15-16-10-6-5-7-11-16/h5-7,10-11H,1-4,8-9,12-15H2. The van der Waals surface area contributed by atoms with Crippen LogP contribution in [0.25, 0.3) is 0 Å². The van der Waals surface area contributed by atoms with Crippen molar-refractivity contribution in [3.05, 3.63) is 35.9 Å². The summed E-state index contributed by atoms with van der Waals surface area (Å²) in [4.78, 5) is 11.0. The fourth-order valence-electron chi connectivity index (χ4n) is 2.31. The highest BCUT2D eigenvalue weighted by Crippen LogP contribution is 2.21. The minimum Gasteiger partial charge on any atom is -0.377 e. The van der Waals surface area contributed by atoms with Crippen molar-refractivity contribution < 1.29 is 22.7 Å². The molecule has 0 aliphatic heterocycles. The van der Waals surface area contributed by atoms with E-state index in [4.69, 9.17) is 4.74 Å². The maximum Gasteiger partial charge on any atom is 0.395 e. The Kier molecular flexibility index (Phi) is 9.60. The highest BCUT2D eigenvalue weighted by molar-refractivity contribution is 5.78. The molecular formula is C18H25F3O2. The first-order chi connectivity index (χ1) is 11.0. The average Bonchev–Trinajstić information content (AvgIpc) is 2.48. The van der Waals surface area contributed by atoms with Crippen molar-refractivity contribution >= 4 is 5.78 Å². The third kappa shape index (κ3) is 11.8. The van der Waals surface area contributed by atoms with Crippen LogP contribution in [0.2, 0.25) is 0 Å². The first-order valence-corrected chi connectivity index (χ1v) is 8.17. The summed E-state index contributed by atoms with van der Waals surface area (Å²) in [6, 6.07) is 10.00. The number of carbonyl (C=O) groups excluding carboxylic acids is 1. The number of alkyl halides is 3. The van der Waals surface area contributed by atoms with Crippen LogP contribution in [-0.2, 0) is 16.1 Å². The zero-order valence-corrected chi connectivity index (χ0v) is 13.4. The fourth-order valence-corrected chi connectivity index (χ4v) is 2.31. The molecule has 0 fully saturated rings. The average molecular weight is 330 g/mol. The molecule has 130 valence electrons. The van der Waals surface area contributed by atoms with Gasteiger partial charge in [-0.2, -0.15) is 13.2 Å². The van der Waals surface area contributed by atoms with Crippen LogP contribution < -0.4 is 0 Å². The lowest BCUT2D eigenvalue weighted by atomic mass is 10.1. The smallest absolute Gasteiger partial charge is 0.377 e. The molecule has 0 bridgehead atoms. The van der Waals surface area contributed by atoms with Crippen LogP contribution in [0.1, 0.15) is 56.9 Å². The second-order valence-electron chi connectivity index (χ2n) is 5.74. The number of benzene rings is 1. The van der Waals surface area contributed by atoms with Crippen molar-refractivity contribution in [1.29, 1.82) is 0 Å². The summed E-state index contributed by atoms with van der Waals surface area (Å²) in [5.74, 6) is -0.702. The Balaban J connectivity index is 1.86. The van der Waals surface area contributed by atoms with E-state index in [1.165, 1.54) is 0 Å². The Hall–Kier alpha value is -1.36. The number of ketones is 1. The molecule has 5 heteroatoms. The molecule has 1 rings (SSSR count). The summed E-state index contributed by atoms with van der Waals surface area (Å²) in [6.45, 7) is 1.35. The van der Waals surface area contributed by atoms with Crippen LogP contribution in [0.5, 0.6) is 0 Å². The molecule has 1 aromatic carbocycles. The van der Waals surface area contributed by atoms with E-state index in [0.717, 1.165) is 44.3 Å². The van der Waals surface area contributed by atoms with E-state index in [1.807, 2.05) is 30.3 Å². The molecule has 0 N–H and O–H groups in total. The van der Waals surface area contributed by atoms with Crippen LogP contribution in [-0.4, -0.2) is 18.6 Å². The van der Waals surface area contributed by atoms with Crippen molar-refractivity contribution in [3.8, 4) is 0 Å². The molecule has 0 radical (unpaired) electrons. The fraction of sp³-hybridized carbons (Fsp3) is 0.611. The number of unbranched alkanes of at least 4 members (excludes halogenated alkanes) is 5. The van der Waals surface area contributed by atoms with E-state index >= 15 is 0 Å². The van der Waals surface area contributed by atoms with Crippen molar-refractivity contribution in [2.75, 3.05) is 6.61 Å². The quantitative estimate of drug-likeness (QED) is 0.476. The van der Waals surface area contributed by atoms with E-state index in [1.54, 1.807) is 0 Å². The molecule has 0 aliphatic carbocycles. The van der Waals surface area contributed by atoms with Gasteiger partial charge in [-0.15, -0.1) is 0 Å².